The second-order valence-electron chi connectivity index (χ2n) is 8.13. The summed E-state index contributed by atoms with van der Waals surface area (Å²) >= 11 is 0. The molecule has 1 N–H and O–H groups in total. The Bertz CT molecular complexity index is 865. The van der Waals surface area contributed by atoms with Gasteiger partial charge in [0.2, 0.25) is 5.91 Å². The Labute approximate surface area is 166 Å². The molecular weight excluding hydrogens is 350 g/mol. The minimum Gasteiger partial charge on any atom is -0.497 e. The van der Waals surface area contributed by atoms with Gasteiger partial charge in [-0.05, 0) is 43.0 Å². The second-order valence-corrected chi connectivity index (χ2v) is 8.13. The summed E-state index contributed by atoms with van der Waals surface area (Å²) in [7, 11) is 1.71. The highest BCUT2D eigenvalue weighted by Gasteiger charge is 2.42. The maximum Gasteiger partial charge on any atom is 0.225 e. The van der Waals surface area contributed by atoms with Gasteiger partial charge in [-0.1, -0.05) is 24.3 Å². The van der Waals surface area contributed by atoms with Crippen LogP contribution >= 0.6 is 0 Å². The predicted molar refractivity (Wildman–Crippen MR) is 111 cm³/mol. The Kier molecular flexibility index (Phi) is 4.38. The molecule has 5 rings (SSSR count). The molecular formula is C23H27N3O2. The van der Waals surface area contributed by atoms with Crippen molar-refractivity contribution in [2.75, 3.05) is 36.5 Å². The molecule has 146 valence electrons. The molecule has 2 aromatic rings. The highest BCUT2D eigenvalue weighted by Crippen LogP contribution is 2.39. The molecule has 1 saturated carbocycles. The molecule has 5 heteroatoms. The SMILES string of the molecule is COc1ccc2c(c1)N1CCN(c3ccccc3)C[C@H]1[C@H](C(=O)NC1CC1)C2. The average Bonchev–Trinajstić information content (AvgIpc) is 3.57. The van der Waals surface area contributed by atoms with E-state index < -0.39 is 0 Å². The lowest BCUT2D eigenvalue weighted by atomic mass is 9.83. The third-order valence-corrected chi connectivity index (χ3v) is 6.31. The van der Waals surface area contributed by atoms with Crippen LogP contribution in [0.25, 0.3) is 0 Å². The summed E-state index contributed by atoms with van der Waals surface area (Å²) in [6, 6.07) is 17.4. The van der Waals surface area contributed by atoms with Gasteiger partial charge < -0.3 is 19.9 Å². The van der Waals surface area contributed by atoms with Gasteiger partial charge in [0.1, 0.15) is 5.75 Å². The van der Waals surface area contributed by atoms with E-state index in [0.717, 1.165) is 44.6 Å². The van der Waals surface area contributed by atoms with Crippen LogP contribution in [0, 0.1) is 5.92 Å². The molecule has 0 spiro atoms. The Morgan fingerprint density at radius 3 is 2.68 bits per heavy atom. The van der Waals surface area contributed by atoms with E-state index in [2.05, 4.69) is 57.6 Å². The maximum absolute atomic E-state index is 13.1. The van der Waals surface area contributed by atoms with Crippen molar-refractivity contribution < 1.29 is 9.53 Å². The number of fused-ring (bicyclic) bond motifs is 3. The van der Waals surface area contributed by atoms with Crippen molar-refractivity contribution in [3.8, 4) is 5.75 Å². The number of carbonyl (C=O) groups excluding carboxylic acids is 1. The highest BCUT2D eigenvalue weighted by atomic mass is 16.5. The largest absolute Gasteiger partial charge is 0.497 e. The van der Waals surface area contributed by atoms with Crippen molar-refractivity contribution in [3.05, 3.63) is 54.1 Å². The summed E-state index contributed by atoms with van der Waals surface area (Å²) in [5.74, 6) is 1.07. The van der Waals surface area contributed by atoms with Crippen LogP contribution in [-0.4, -0.2) is 44.7 Å². The van der Waals surface area contributed by atoms with E-state index >= 15 is 0 Å². The number of anilines is 2. The van der Waals surface area contributed by atoms with Gasteiger partial charge in [0.05, 0.1) is 19.1 Å². The Morgan fingerprint density at radius 2 is 1.93 bits per heavy atom. The van der Waals surface area contributed by atoms with Gasteiger partial charge >= 0.3 is 0 Å². The third kappa shape index (κ3) is 3.19. The maximum atomic E-state index is 13.1. The molecule has 0 bridgehead atoms. The molecule has 3 aliphatic rings. The zero-order chi connectivity index (χ0) is 19.1. The average molecular weight is 377 g/mol. The fourth-order valence-corrected chi connectivity index (χ4v) is 4.61. The van der Waals surface area contributed by atoms with E-state index in [-0.39, 0.29) is 17.9 Å². The smallest absolute Gasteiger partial charge is 0.225 e. The molecule has 0 aromatic heterocycles. The van der Waals surface area contributed by atoms with Crippen molar-refractivity contribution in [2.45, 2.75) is 31.3 Å². The van der Waals surface area contributed by atoms with Gasteiger partial charge in [-0.25, -0.2) is 0 Å². The van der Waals surface area contributed by atoms with Crippen LogP contribution in [0.15, 0.2) is 48.5 Å². The Morgan fingerprint density at radius 1 is 1.11 bits per heavy atom. The Balaban J connectivity index is 1.47. The van der Waals surface area contributed by atoms with Gasteiger partial charge in [-0.3, -0.25) is 4.79 Å². The lowest BCUT2D eigenvalue weighted by molar-refractivity contribution is -0.126. The lowest BCUT2D eigenvalue weighted by Gasteiger charge is -2.49. The summed E-state index contributed by atoms with van der Waals surface area (Å²) in [4.78, 5) is 18.0. The van der Waals surface area contributed by atoms with E-state index in [0.29, 0.717) is 6.04 Å². The van der Waals surface area contributed by atoms with Crippen LogP contribution in [0.1, 0.15) is 18.4 Å². The summed E-state index contributed by atoms with van der Waals surface area (Å²) in [6.07, 6.45) is 3.04. The van der Waals surface area contributed by atoms with E-state index in [1.165, 1.54) is 16.9 Å². The van der Waals surface area contributed by atoms with Gasteiger partial charge in [-0.15, -0.1) is 0 Å². The molecule has 2 fully saturated rings. The number of ether oxygens (including phenoxy) is 1. The normalized spacial score (nSPS) is 23.6. The van der Waals surface area contributed by atoms with Crippen LogP contribution in [0.5, 0.6) is 5.75 Å². The van der Waals surface area contributed by atoms with E-state index in [9.17, 15) is 4.79 Å². The number of methoxy groups -OCH3 is 1. The number of benzene rings is 2. The van der Waals surface area contributed by atoms with Crippen molar-refractivity contribution >= 4 is 17.3 Å². The number of hydrogen-bond donors (Lipinski definition) is 1. The Hall–Kier alpha value is -2.69. The zero-order valence-corrected chi connectivity index (χ0v) is 16.3. The molecule has 5 nitrogen and oxygen atoms in total. The van der Waals surface area contributed by atoms with E-state index in [4.69, 9.17) is 4.74 Å². The first-order valence-corrected chi connectivity index (χ1v) is 10.3. The summed E-state index contributed by atoms with van der Waals surface area (Å²) in [5.41, 5.74) is 3.72. The molecule has 2 aromatic carbocycles. The highest BCUT2D eigenvalue weighted by molar-refractivity contribution is 5.83. The molecule has 2 atom stereocenters. The molecule has 1 aliphatic carbocycles. The van der Waals surface area contributed by atoms with Crippen LogP contribution in [0.2, 0.25) is 0 Å². The van der Waals surface area contributed by atoms with Gasteiger partial charge in [0, 0.05) is 43.1 Å². The van der Waals surface area contributed by atoms with Crippen molar-refractivity contribution in [2.24, 2.45) is 5.92 Å². The number of hydrogen-bond acceptors (Lipinski definition) is 4. The first-order chi connectivity index (χ1) is 13.7. The number of para-hydroxylation sites is 1. The fraction of sp³-hybridized carbons (Fsp3) is 0.435. The van der Waals surface area contributed by atoms with Crippen LogP contribution < -0.4 is 19.9 Å². The van der Waals surface area contributed by atoms with Gasteiger partial charge in [0.15, 0.2) is 0 Å². The molecule has 0 radical (unpaired) electrons. The molecule has 2 aliphatic heterocycles. The van der Waals surface area contributed by atoms with E-state index in [1.807, 2.05) is 6.07 Å². The topological polar surface area (TPSA) is 44.8 Å². The summed E-state index contributed by atoms with van der Waals surface area (Å²) in [6.45, 7) is 2.73. The molecule has 2 heterocycles. The molecule has 28 heavy (non-hydrogen) atoms. The van der Waals surface area contributed by atoms with E-state index in [1.54, 1.807) is 7.11 Å². The molecule has 1 saturated heterocycles. The number of nitrogens with one attached hydrogen (secondary N) is 1. The van der Waals surface area contributed by atoms with Crippen molar-refractivity contribution in [1.29, 1.82) is 0 Å². The van der Waals surface area contributed by atoms with Crippen molar-refractivity contribution in [3.63, 3.8) is 0 Å². The lowest BCUT2D eigenvalue weighted by Crippen LogP contribution is -2.61. The molecule has 1 amide bonds. The van der Waals surface area contributed by atoms with Crippen LogP contribution in [0.3, 0.4) is 0 Å². The number of amides is 1. The fourth-order valence-electron chi connectivity index (χ4n) is 4.61. The van der Waals surface area contributed by atoms with Gasteiger partial charge in [0.25, 0.3) is 0 Å². The first kappa shape index (κ1) is 17.4. The minimum absolute atomic E-state index is 0.0204. The minimum atomic E-state index is -0.0204. The van der Waals surface area contributed by atoms with Crippen LogP contribution in [-0.2, 0) is 11.2 Å². The van der Waals surface area contributed by atoms with Crippen LogP contribution in [0.4, 0.5) is 11.4 Å². The first-order valence-electron chi connectivity index (χ1n) is 10.3. The monoisotopic (exact) mass is 377 g/mol. The summed E-state index contributed by atoms with van der Waals surface area (Å²) in [5, 5.41) is 3.26. The number of piperazine rings is 1. The summed E-state index contributed by atoms with van der Waals surface area (Å²) < 4.78 is 5.47. The third-order valence-electron chi connectivity index (χ3n) is 6.31. The standard InChI is InChI=1S/C23H27N3O2/c1-28-19-10-7-16-13-20(23(27)24-17-8-9-17)22-15-25(18-5-3-2-4-6-18)11-12-26(22)21(16)14-19/h2-7,10,14,17,20,22H,8-9,11-13,15H2,1H3,(H,24,27)/t20-,22+/m1/s1. The molecule has 0 unspecified atom stereocenters. The zero-order valence-electron chi connectivity index (χ0n) is 16.3. The quantitative estimate of drug-likeness (QED) is 0.890. The second kappa shape index (κ2) is 7.04. The van der Waals surface area contributed by atoms with Gasteiger partial charge in [-0.2, -0.15) is 0 Å². The number of carbonyl (C=O) groups is 1. The predicted octanol–water partition coefficient (Wildman–Crippen LogP) is 2.84. The number of nitrogens with zero attached hydrogens (tertiary/aromatic N) is 2. The number of rotatable bonds is 4. The van der Waals surface area contributed by atoms with Crippen molar-refractivity contribution in [1.82, 2.24) is 5.32 Å².